The molecule has 9 aromatic rings. The summed E-state index contributed by atoms with van der Waals surface area (Å²) in [6.45, 7) is 9.45. The third-order valence-corrected chi connectivity index (χ3v) is 16.0. The summed E-state index contributed by atoms with van der Waals surface area (Å²) in [6, 6.07) is 72.3. The minimum absolute atomic E-state index is 0.832. The van der Waals surface area contributed by atoms with Crippen LogP contribution in [0.2, 0.25) is 26.2 Å². The molecule has 2 heterocycles. The largest absolute Gasteiger partial charge is 0.455 e. The smallest absolute Gasteiger partial charge is 0.142 e. The molecule has 0 aliphatic rings. The molecule has 0 atom stereocenters. The average Bonchev–Trinajstić information content (AvgIpc) is 4.02. The van der Waals surface area contributed by atoms with E-state index in [0.29, 0.717) is 0 Å². The Morgan fingerprint density at radius 1 is 0.288 bits per heavy atom. The van der Waals surface area contributed by atoms with Gasteiger partial charge in [-0.1, -0.05) is 267 Å². The quantitative estimate of drug-likeness (QED) is 0.102. The maximum Gasteiger partial charge on any atom is 0.142 e. The first kappa shape index (κ1) is 43.7. The minimum atomic E-state index is -1.69. The Morgan fingerprint density at radius 2 is 0.561 bits per heavy atom. The first-order valence-corrected chi connectivity index (χ1v) is 29.0. The third-order valence-electron chi connectivity index (χ3n) is 11.9. The van der Waals surface area contributed by atoms with E-state index in [1.165, 1.54) is 22.3 Å². The van der Waals surface area contributed by atoms with Gasteiger partial charge in [0.05, 0.1) is 16.1 Å². The van der Waals surface area contributed by atoms with Crippen LogP contribution in [-0.2, 0) is 0 Å². The zero-order valence-corrected chi connectivity index (χ0v) is 40.1. The molecule has 4 heteroatoms. The summed E-state index contributed by atoms with van der Waals surface area (Å²) in [5, 5.41) is 0. The molecule has 0 unspecified atom stereocenters. The Bertz CT molecular complexity index is 2900. The summed E-state index contributed by atoms with van der Waals surface area (Å²) < 4.78 is 13.6. The number of furan rings is 2. The first-order valence-electron chi connectivity index (χ1n) is 22.7. The van der Waals surface area contributed by atoms with Crippen LogP contribution in [0.1, 0.15) is 22.3 Å². The second-order valence-electron chi connectivity index (χ2n) is 18.1. The maximum absolute atomic E-state index is 6.80. The van der Waals surface area contributed by atoms with Crippen molar-refractivity contribution >= 4 is 40.5 Å². The predicted octanol–water partition coefficient (Wildman–Crippen LogP) is 17.9. The monoisotopic (exact) mass is 886 g/mol. The molecule has 0 N–H and O–H groups in total. The Hall–Kier alpha value is -7.51. The third kappa shape index (κ3) is 10.9. The van der Waals surface area contributed by atoms with Crippen molar-refractivity contribution in [2.24, 2.45) is 0 Å². The van der Waals surface area contributed by atoms with Crippen LogP contribution in [0.4, 0.5) is 0 Å². The van der Waals surface area contributed by atoms with E-state index in [1.54, 1.807) is 0 Å². The van der Waals surface area contributed by atoms with Crippen LogP contribution in [0.3, 0.4) is 0 Å². The highest BCUT2D eigenvalue weighted by atomic mass is 28.3. The normalized spacial score (nSPS) is 12.3. The topological polar surface area (TPSA) is 26.3 Å². The molecular weight excluding hydrogens is 833 g/mol. The van der Waals surface area contributed by atoms with Crippen molar-refractivity contribution in [1.29, 1.82) is 0 Å². The van der Waals surface area contributed by atoms with Crippen LogP contribution >= 0.6 is 0 Å². The van der Waals surface area contributed by atoms with Crippen molar-refractivity contribution in [3.8, 4) is 67.5 Å². The van der Waals surface area contributed by atoms with E-state index in [1.807, 2.05) is 0 Å². The van der Waals surface area contributed by atoms with Crippen LogP contribution in [0.15, 0.2) is 238 Å². The van der Waals surface area contributed by atoms with Gasteiger partial charge in [0.25, 0.3) is 0 Å². The molecule has 0 radical (unpaired) electrons. The lowest BCUT2D eigenvalue weighted by Gasteiger charge is -2.11. The number of hydrogen-bond donors (Lipinski definition) is 0. The summed E-state index contributed by atoms with van der Waals surface area (Å²) in [7, 11) is -3.39. The lowest BCUT2D eigenvalue weighted by molar-refractivity contribution is 0.596. The van der Waals surface area contributed by atoms with Crippen LogP contribution in [0.5, 0.6) is 0 Å². The second kappa shape index (κ2) is 19.7. The van der Waals surface area contributed by atoms with Gasteiger partial charge in [0.2, 0.25) is 0 Å². The summed E-state index contributed by atoms with van der Waals surface area (Å²) >= 11 is 0. The molecule has 2 nitrogen and oxygen atoms in total. The van der Waals surface area contributed by atoms with Crippen molar-refractivity contribution in [1.82, 2.24) is 0 Å². The van der Waals surface area contributed by atoms with Gasteiger partial charge in [-0.25, -0.2) is 0 Å². The van der Waals surface area contributed by atoms with E-state index in [-0.39, 0.29) is 0 Å². The predicted molar refractivity (Wildman–Crippen MR) is 288 cm³/mol. The van der Waals surface area contributed by atoms with Crippen molar-refractivity contribution in [3.63, 3.8) is 0 Å². The van der Waals surface area contributed by atoms with Gasteiger partial charge in [0.1, 0.15) is 23.0 Å². The lowest BCUT2D eigenvalue weighted by Crippen LogP contribution is -2.18. The highest BCUT2D eigenvalue weighted by Gasteiger charge is 2.20. The standard InChI is InChI=1S/C62H54O2Si2/c1-65(2,41-37-47-17-9-5-10-18-47)43-39-49-25-29-53(30-26-49)59-45-57(51-21-13-7-14-22-51)61(63-59)55-33-35-56(36-34-55)62-58(52-23-15-8-16-24-52)46-60(64-62)54-31-27-50(28-32-54)40-44-66(3,4)42-38-48-19-11-6-12-20-48/h5-46H,1-4H3/b41-37+,42-38+,43-39+,44-40+. The van der Waals surface area contributed by atoms with Crippen LogP contribution in [-0.4, -0.2) is 16.1 Å². The molecule has 322 valence electrons. The minimum Gasteiger partial charge on any atom is -0.455 e. The lowest BCUT2D eigenvalue weighted by atomic mass is 9.98. The van der Waals surface area contributed by atoms with Gasteiger partial charge in [-0.15, -0.1) is 0 Å². The Labute approximate surface area is 392 Å². The molecule has 0 saturated heterocycles. The van der Waals surface area contributed by atoms with E-state index < -0.39 is 16.1 Å². The molecule has 2 aromatic heterocycles. The Balaban J connectivity index is 0.969. The molecule has 0 saturated carbocycles. The number of rotatable bonds is 14. The fourth-order valence-corrected chi connectivity index (χ4v) is 10.6. The second-order valence-corrected chi connectivity index (χ2v) is 26.7. The van der Waals surface area contributed by atoms with Gasteiger partial charge in [-0.05, 0) is 45.5 Å². The van der Waals surface area contributed by atoms with Crippen molar-refractivity contribution in [2.75, 3.05) is 0 Å². The summed E-state index contributed by atoms with van der Waals surface area (Å²) in [5.74, 6) is 3.33. The fourth-order valence-electron chi connectivity index (χ4n) is 7.93. The van der Waals surface area contributed by atoms with Gasteiger partial charge >= 0.3 is 0 Å². The summed E-state index contributed by atoms with van der Waals surface area (Å²) in [5.41, 5.74) is 22.8. The van der Waals surface area contributed by atoms with Gasteiger partial charge in [0, 0.05) is 33.4 Å². The highest BCUT2D eigenvalue weighted by Crippen LogP contribution is 2.42. The molecule has 0 amide bonds. The molecule has 0 fully saturated rings. The van der Waals surface area contributed by atoms with E-state index in [4.69, 9.17) is 8.83 Å². The molecule has 66 heavy (non-hydrogen) atoms. The maximum atomic E-state index is 6.80. The SMILES string of the molecule is C[Si](C)(/C=C/c1ccccc1)/C=C/c1ccc(-c2cc(-c3ccccc3)c(-c3ccc(-c4oc(-c5ccc(/C=C/[Si](C)(C)/C=C/c6ccccc6)cc5)cc4-c4ccccc4)cc3)o2)cc1. The molecule has 0 aliphatic heterocycles. The van der Waals surface area contributed by atoms with Gasteiger partial charge in [-0.3, -0.25) is 0 Å². The molecule has 0 bridgehead atoms. The first-order chi connectivity index (χ1) is 32.1. The van der Waals surface area contributed by atoms with Crippen molar-refractivity contribution < 1.29 is 8.83 Å². The summed E-state index contributed by atoms with van der Waals surface area (Å²) in [6.07, 6.45) is 9.00. The molecule has 0 spiro atoms. The van der Waals surface area contributed by atoms with E-state index >= 15 is 0 Å². The van der Waals surface area contributed by atoms with Crippen LogP contribution < -0.4 is 0 Å². The molecule has 9 rings (SSSR count). The van der Waals surface area contributed by atoms with Crippen LogP contribution in [0.25, 0.3) is 91.9 Å². The van der Waals surface area contributed by atoms with Crippen molar-refractivity contribution in [2.45, 2.75) is 26.2 Å². The average molecular weight is 887 g/mol. The van der Waals surface area contributed by atoms with Gasteiger partial charge in [0.15, 0.2) is 0 Å². The van der Waals surface area contributed by atoms with Gasteiger partial charge in [-0.2, -0.15) is 0 Å². The van der Waals surface area contributed by atoms with Gasteiger partial charge < -0.3 is 8.83 Å². The number of hydrogen-bond acceptors (Lipinski definition) is 2. The zero-order valence-electron chi connectivity index (χ0n) is 38.1. The van der Waals surface area contributed by atoms with E-state index in [2.05, 4.69) is 280 Å². The zero-order chi connectivity index (χ0) is 45.4. The fraction of sp³-hybridized carbons (Fsp3) is 0.0645. The number of benzene rings is 7. The Kier molecular flexibility index (Phi) is 13.1. The van der Waals surface area contributed by atoms with Crippen LogP contribution in [0, 0.1) is 0 Å². The highest BCUT2D eigenvalue weighted by molar-refractivity contribution is 6.88. The molecular formula is C62H54O2Si2. The molecule has 7 aromatic carbocycles. The van der Waals surface area contributed by atoms with Crippen molar-refractivity contribution in [3.05, 3.63) is 251 Å². The van der Waals surface area contributed by atoms with E-state index in [0.717, 1.165) is 67.5 Å². The summed E-state index contributed by atoms with van der Waals surface area (Å²) in [4.78, 5) is 0. The molecule has 0 aliphatic carbocycles. The Morgan fingerprint density at radius 3 is 0.879 bits per heavy atom. The van der Waals surface area contributed by atoms with E-state index in [9.17, 15) is 0 Å².